The van der Waals surface area contributed by atoms with Crippen LogP contribution in [-0.2, 0) is 34.0 Å². The van der Waals surface area contributed by atoms with Crippen molar-refractivity contribution in [1.29, 1.82) is 0 Å². The predicted octanol–water partition coefficient (Wildman–Crippen LogP) is -1.01. The van der Waals surface area contributed by atoms with Crippen molar-refractivity contribution in [3.05, 3.63) is 12.7 Å². The summed E-state index contributed by atoms with van der Waals surface area (Å²) in [7, 11) is -4.91. The van der Waals surface area contributed by atoms with E-state index in [9.17, 15) is 22.8 Å². The van der Waals surface area contributed by atoms with Gasteiger partial charge in [-0.05, 0) is 0 Å². The quantitative estimate of drug-likeness (QED) is 0.249. The van der Waals surface area contributed by atoms with Crippen LogP contribution in [-0.4, -0.2) is 54.4 Å². The first kappa shape index (κ1) is 17.1. The third kappa shape index (κ3) is 7.16. The second-order valence-corrected chi connectivity index (χ2v) is 4.74. The van der Waals surface area contributed by atoms with Crippen LogP contribution in [0.4, 0.5) is 0 Å². The molecule has 0 aromatic heterocycles. The minimum Gasteiger partial charge on any atom is -0.480 e. The van der Waals surface area contributed by atoms with E-state index in [4.69, 9.17) is 9.66 Å². The van der Waals surface area contributed by atoms with Gasteiger partial charge in [0.25, 0.3) is 10.1 Å². The molecule has 0 aliphatic rings. The number of hydrogen-bond donors (Lipinski definition) is 2. The molecule has 0 aliphatic heterocycles. The Kier molecular flexibility index (Phi) is 6.72. The number of carbonyl (C=O) groups excluding carboxylic acids is 2. The van der Waals surface area contributed by atoms with Crippen LogP contribution >= 0.6 is 0 Å². The molecule has 0 aromatic rings. The fraction of sp³-hybridized carbons (Fsp3) is 0.444. The van der Waals surface area contributed by atoms with E-state index in [0.717, 1.165) is 6.08 Å². The number of aliphatic carboxylic acids is 1. The number of carboxylic acid groups (broad SMARTS) is 1. The van der Waals surface area contributed by atoms with Gasteiger partial charge in [-0.1, -0.05) is 6.58 Å². The maximum absolute atomic E-state index is 11.1. The van der Waals surface area contributed by atoms with E-state index in [1.54, 1.807) is 0 Å². The van der Waals surface area contributed by atoms with Gasteiger partial charge in [-0.2, -0.15) is 8.42 Å². The van der Waals surface area contributed by atoms with Gasteiger partial charge >= 0.3 is 17.9 Å². The molecule has 0 radical (unpaired) electrons. The van der Waals surface area contributed by atoms with Gasteiger partial charge in [0.05, 0.1) is 6.42 Å². The topological polar surface area (TPSA) is 144 Å². The summed E-state index contributed by atoms with van der Waals surface area (Å²) in [6.07, 6.45) is -0.163. The monoisotopic (exact) mass is 296 g/mol. The van der Waals surface area contributed by atoms with Crippen LogP contribution in [0.2, 0.25) is 0 Å². The molecule has 0 bridgehead atoms. The molecule has 9 nitrogen and oxygen atoms in total. The van der Waals surface area contributed by atoms with E-state index in [1.807, 2.05) is 0 Å². The van der Waals surface area contributed by atoms with Gasteiger partial charge in [-0.15, -0.1) is 0 Å². The van der Waals surface area contributed by atoms with Gasteiger partial charge in [0.2, 0.25) is 0 Å². The second-order valence-electron chi connectivity index (χ2n) is 3.14. The number of rotatable bonds is 8. The molecule has 0 aliphatic carbocycles. The third-order valence-electron chi connectivity index (χ3n) is 1.74. The Balaban J connectivity index is 4.19. The van der Waals surface area contributed by atoms with E-state index in [1.165, 1.54) is 0 Å². The zero-order valence-electron chi connectivity index (χ0n) is 9.64. The second kappa shape index (κ2) is 7.48. The molecule has 0 saturated carbocycles. The Labute approximate surface area is 108 Å². The molecule has 2 N–H and O–H groups in total. The van der Waals surface area contributed by atoms with Crippen LogP contribution in [0, 0.1) is 0 Å². The van der Waals surface area contributed by atoms with Crippen molar-refractivity contribution in [2.75, 3.05) is 13.2 Å². The maximum atomic E-state index is 11.1. The average Bonchev–Trinajstić information content (AvgIpc) is 2.29. The Morgan fingerprint density at radius 2 is 1.74 bits per heavy atom. The summed E-state index contributed by atoms with van der Waals surface area (Å²) < 4.78 is 38.7. The van der Waals surface area contributed by atoms with Crippen molar-refractivity contribution < 1.29 is 41.9 Å². The van der Waals surface area contributed by atoms with E-state index in [-0.39, 0.29) is 13.2 Å². The largest absolute Gasteiger partial charge is 0.480 e. The Bertz CT molecular complexity index is 464. The zero-order chi connectivity index (χ0) is 15.1. The van der Waals surface area contributed by atoms with Crippen molar-refractivity contribution in [3.8, 4) is 0 Å². The minimum absolute atomic E-state index is 0.291. The van der Waals surface area contributed by atoms with E-state index < -0.39 is 39.7 Å². The van der Waals surface area contributed by atoms with Crippen molar-refractivity contribution >= 4 is 28.0 Å². The minimum atomic E-state index is -4.91. The summed E-state index contributed by atoms with van der Waals surface area (Å²) >= 11 is 0. The van der Waals surface area contributed by atoms with Crippen molar-refractivity contribution in [2.24, 2.45) is 0 Å². The SMILES string of the molecule is C=CC(=O)OCCOC(=O)CC(C(=O)O)S(=O)(=O)O. The van der Waals surface area contributed by atoms with Gasteiger partial charge in [-0.25, -0.2) is 4.79 Å². The normalized spacial score (nSPS) is 12.3. The molecule has 0 spiro atoms. The van der Waals surface area contributed by atoms with E-state index in [0.29, 0.717) is 0 Å². The van der Waals surface area contributed by atoms with Gasteiger partial charge < -0.3 is 14.6 Å². The Hall–Kier alpha value is -1.94. The number of ether oxygens (including phenoxy) is 2. The van der Waals surface area contributed by atoms with Crippen LogP contribution < -0.4 is 0 Å². The van der Waals surface area contributed by atoms with Crippen LogP contribution in [0.3, 0.4) is 0 Å². The van der Waals surface area contributed by atoms with Crippen molar-refractivity contribution in [3.63, 3.8) is 0 Å². The summed E-state index contributed by atoms with van der Waals surface area (Å²) in [6.45, 7) is 2.45. The Morgan fingerprint density at radius 3 is 2.16 bits per heavy atom. The summed E-state index contributed by atoms with van der Waals surface area (Å²) in [4.78, 5) is 32.2. The van der Waals surface area contributed by atoms with E-state index in [2.05, 4.69) is 16.1 Å². The van der Waals surface area contributed by atoms with Gasteiger partial charge in [0.15, 0.2) is 5.25 Å². The smallest absolute Gasteiger partial charge is 0.330 e. The van der Waals surface area contributed by atoms with Crippen LogP contribution in [0.1, 0.15) is 6.42 Å². The molecule has 0 fully saturated rings. The lowest BCUT2D eigenvalue weighted by Gasteiger charge is -2.09. The predicted molar refractivity (Wildman–Crippen MR) is 59.7 cm³/mol. The molecule has 0 rings (SSSR count). The van der Waals surface area contributed by atoms with Crippen molar-refractivity contribution in [1.82, 2.24) is 0 Å². The molecule has 0 heterocycles. The highest BCUT2D eigenvalue weighted by atomic mass is 32.2. The van der Waals surface area contributed by atoms with E-state index >= 15 is 0 Å². The summed E-state index contributed by atoms with van der Waals surface area (Å²) in [5.74, 6) is -3.78. The maximum Gasteiger partial charge on any atom is 0.330 e. The first-order chi connectivity index (χ1) is 8.68. The molecule has 0 saturated heterocycles. The average molecular weight is 296 g/mol. The fourth-order valence-corrected chi connectivity index (χ4v) is 1.49. The first-order valence-electron chi connectivity index (χ1n) is 4.82. The summed E-state index contributed by atoms with van der Waals surface area (Å²) in [5.41, 5.74) is 0. The standard InChI is InChI=1S/C9H12O9S/c1-2-7(10)17-3-4-18-8(11)5-6(9(12)13)19(14,15)16/h2,6H,1,3-5H2,(H,12,13)(H,14,15,16). The van der Waals surface area contributed by atoms with Crippen LogP contribution in [0.5, 0.6) is 0 Å². The van der Waals surface area contributed by atoms with Crippen LogP contribution in [0.25, 0.3) is 0 Å². The molecular formula is C9H12O9S. The number of esters is 2. The molecule has 19 heavy (non-hydrogen) atoms. The van der Waals surface area contributed by atoms with Gasteiger partial charge in [0.1, 0.15) is 13.2 Å². The molecule has 1 atom stereocenters. The molecule has 10 heteroatoms. The summed E-state index contributed by atoms with van der Waals surface area (Å²) in [6, 6.07) is 0. The Morgan fingerprint density at radius 1 is 1.21 bits per heavy atom. The molecule has 108 valence electrons. The summed E-state index contributed by atoms with van der Waals surface area (Å²) in [5, 5.41) is 6.21. The number of carbonyl (C=O) groups is 3. The highest BCUT2D eigenvalue weighted by molar-refractivity contribution is 7.87. The molecular weight excluding hydrogens is 284 g/mol. The molecule has 0 aromatic carbocycles. The third-order valence-corrected chi connectivity index (χ3v) is 2.83. The molecule has 0 amide bonds. The highest BCUT2D eigenvalue weighted by Gasteiger charge is 2.33. The van der Waals surface area contributed by atoms with Crippen LogP contribution in [0.15, 0.2) is 12.7 Å². The lowest BCUT2D eigenvalue weighted by Crippen LogP contribution is -2.32. The first-order valence-corrected chi connectivity index (χ1v) is 6.32. The van der Waals surface area contributed by atoms with Crippen molar-refractivity contribution in [2.45, 2.75) is 11.7 Å². The lowest BCUT2D eigenvalue weighted by atomic mass is 10.3. The lowest BCUT2D eigenvalue weighted by molar-refractivity contribution is -0.151. The van der Waals surface area contributed by atoms with Gasteiger partial charge in [0, 0.05) is 6.08 Å². The fourth-order valence-electron chi connectivity index (χ4n) is 0.887. The number of carboxylic acids is 1. The number of hydrogen-bond acceptors (Lipinski definition) is 7. The van der Waals surface area contributed by atoms with Gasteiger partial charge in [-0.3, -0.25) is 14.1 Å². The highest BCUT2D eigenvalue weighted by Crippen LogP contribution is 2.06. The zero-order valence-corrected chi connectivity index (χ0v) is 10.5. The molecule has 1 unspecified atom stereocenters.